The zero-order valence-corrected chi connectivity index (χ0v) is 21.8. The normalized spacial score (nSPS) is 24.7. The molecule has 2 aromatic rings. The summed E-state index contributed by atoms with van der Waals surface area (Å²) >= 11 is 1.64. The van der Waals surface area contributed by atoms with Crippen molar-refractivity contribution >= 4 is 17.5 Å². The van der Waals surface area contributed by atoms with E-state index in [1.54, 1.807) is 11.3 Å². The van der Waals surface area contributed by atoms with Crippen molar-refractivity contribution < 1.29 is 39.1 Å². The molecule has 1 aliphatic rings. The number of rotatable bonds is 9. The fourth-order valence-corrected chi connectivity index (χ4v) is 4.66. The molecule has 2 aromatic heterocycles. The number of aliphatic hydroxyl groups is 3. The molecule has 35 heavy (non-hydrogen) atoms. The number of hydrogen-bond acceptors (Lipinski definition) is 10. The van der Waals surface area contributed by atoms with Crippen LogP contribution in [0.5, 0.6) is 5.88 Å². The van der Waals surface area contributed by atoms with Gasteiger partial charge in [-0.05, 0) is 50.6 Å². The number of carbonyl (C=O) groups is 1. The quantitative estimate of drug-likeness (QED) is 0.434. The molecule has 10 nitrogen and oxygen atoms in total. The number of carbonyl (C=O) groups excluding carboxylic acids is 1. The van der Waals surface area contributed by atoms with E-state index in [4.69, 9.17) is 18.9 Å². The van der Waals surface area contributed by atoms with Crippen molar-refractivity contribution in [2.45, 2.75) is 84.7 Å². The maximum atomic E-state index is 11.8. The van der Waals surface area contributed by atoms with Crippen LogP contribution in [0.2, 0.25) is 0 Å². The first-order valence-corrected chi connectivity index (χ1v) is 12.6. The lowest BCUT2D eigenvalue weighted by Crippen LogP contribution is -2.60. The largest absolute Gasteiger partial charge is 0.508 e. The van der Waals surface area contributed by atoms with E-state index < -0.39 is 36.9 Å². The third-order valence-corrected chi connectivity index (χ3v) is 6.71. The van der Waals surface area contributed by atoms with E-state index in [1.807, 2.05) is 46.2 Å². The summed E-state index contributed by atoms with van der Waals surface area (Å²) in [5, 5.41) is 38.0. The van der Waals surface area contributed by atoms with Crippen LogP contribution in [0.4, 0.5) is 4.79 Å². The lowest BCUT2D eigenvalue weighted by atomic mass is 9.99. The van der Waals surface area contributed by atoms with E-state index in [0.717, 1.165) is 16.1 Å². The molecular weight excluding hydrogens is 476 g/mol. The second-order valence-corrected chi connectivity index (χ2v) is 10.6. The molecule has 196 valence electrons. The molecule has 0 saturated carbocycles. The molecule has 3 rings (SSSR count). The summed E-state index contributed by atoms with van der Waals surface area (Å²) in [5.74, 6) is 0.404. The number of aromatic nitrogens is 2. The molecule has 0 amide bonds. The van der Waals surface area contributed by atoms with Crippen LogP contribution in [-0.4, -0.2) is 75.2 Å². The Morgan fingerprint density at radius 2 is 1.86 bits per heavy atom. The van der Waals surface area contributed by atoms with Gasteiger partial charge in [0, 0.05) is 28.6 Å². The van der Waals surface area contributed by atoms with E-state index in [-0.39, 0.29) is 31.1 Å². The smallest absolute Gasteiger partial charge is 0.443 e. The second-order valence-electron chi connectivity index (χ2n) is 9.57. The van der Waals surface area contributed by atoms with Crippen molar-refractivity contribution in [3.05, 3.63) is 33.1 Å². The summed E-state index contributed by atoms with van der Waals surface area (Å²) < 4.78 is 23.5. The van der Waals surface area contributed by atoms with Gasteiger partial charge < -0.3 is 34.3 Å². The summed E-state index contributed by atoms with van der Waals surface area (Å²) in [6.07, 6.45) is -7.43. The first kappa shape index (κ1) is 27.4. The van der Waals surface area contributed by atoms with Gasteiger partial charge in [-0.15, -0.1) is 16.4 Å². The number of aryl methyl sites for hydroxylation is 1. The Morgan fingerprint density at radius 1 is 1.14 bits per heavy atom. The number of aliphatic hydroxyl groups excluding tert-OH is 3. The SMILES string of the molecule is Cc1csc(Cc2c(O[C@@H]3O[C@H](COC(=O)OCC(C)C)[C@@H](O)[C@H](O)[C@H]3O)nn(C(C)C)c2C)c1. The van der Waals surface area contributed by atoms with Crippen molar-refractivity contribution in [2.75, 3.05) is 13.2 Å². The van der Waals surface area contributed by atoms with Gasteiger partial charge in [-0.2, -0.15) is 0 Å². The average molecular weight is 513 g/mol. The number of nitrogens with zero attached hydrogens (tertiary/aromatic N) is 2. The third-order valence-electron chi connectivity index (χ3n) is 5.66. The zero-order chi connectivity index (χ0) is 25.9. The molecule has 1 aliphatic heterocycles. The first-order chi connectivity index (χ1) is 16.5. The fraction of sp³-hybridized carbons (Fsp3) is 0.667. The predicted octanol–water partition coefficient (Wildman–Crippen LogP) is 2.73. The Hall–Kier alpha value is -2.18. The molecule has 0 bridgehead atoms. The lowest BCUT2D eigenvalue weighted by molar-refractivity contribution is -0.278. The van der Waals surface area contributed by atoms with E-state index in [9.17, 15) is 20.1 Å². The lowest BCUT2D eigenvalue weighted by Gasteiger charge is -2.39. The van der Waals surface area contributed by atoms with Crippen LogP contribution in [0.1, 0.15) is 55.4 Å². The number of hydrogen-bond donors (Lipinski definition) is 3. The Balaban J connectivity index is 1.77. The molecule has 0 aliphatic carbocycles. The highest BCUT2D eigenvalue weighted by Gasteiger charge is 2.46. The standard InChI is InChI=1S/C24H36N2O8S/c1-12(2)9-31-24(30)32-10-18-19(27)20(28)21(29)23(33-18)34-22-17(8-16-7-14(5)11-35-16)15(6)26(25-22)13(3)4/h7,11-13,18-21,23,27-29H,8-10H2,1-6H3/t18-,19-,20+,21-,23+/m1/s1. The summed E-state index contributed by atoms with van der Waals surface area (Å²) in [6, 6.07) is 2.16. The molecule has 5 atom stereocenters. The Kier molecular flexibility index (Phi) is 9.16. The van der Waals surface area contributed by atoms with Gasteiger partial charge in [0.2, 0.25) is 12.2 Å². The van der Waals surface area contributed by atoms with Crippen LogP contribution in [0.15, 0.2) is 11.4 Å². The van der Waals surface area contributed by atoms with Gasteiger partial charge in [-0.1, -0.05) is 13.8 Å². The van der Waals surface area contributed by atoms with Crippen LogP contribution in [0, 0.1) is 19.8 Å². The molecule has 0 radical (unpaired) electrons. The molecule has 0 unspecified atom stereocenters. The minimum atomic E-state index is -1.58. The molecular formula is C24H36N2O8S. The maximum Gasteiger partial charge on any atom is 0.508 e. The highest BCUT2D eigenvalue weighted by Crippen LogP contribution is 2.32. The molecule has 1 fully saturated rings. The summed E-state index contributed by atoms with van der Waals surface area (Å²) in [4.78, 5) is 12.9. The topological polar surface area (TPSA) is 133 Å². The van der Waals surface area contributed by atoms with E-state index in [0.29, 0.717) is 6.42 Å². The van der Waals surface area contributed by atoms with Gasteiger partial charge in [-0.25, -0.2) is 4.79 Å². The Labute approximate surface area is 209 Å². The molecule has 0 aromatic carbocycles. The van der Waals surface area contributed by atoms with Crippen molar-refractivity contribution in [1.82, 2.24) is 9.78 Å². The van der Waals surface area contributed by atoms with Crippen molar-refractivity contribution in [3.63, 3.8) is 0 Å². The molecule has 11 heteroatoms. The van der Waals surface area contributed by atoms with E-state index >= 15 is 0 Å². The van der Waals surface area contributed by atoms with Gasteiger partial charge in [0.25, 0.3) is 0 Å². The Bertz CT molecular complexity index is 988. The second kappa shape index (κ2) is 11.7. The van der Waals surface area contributed by atoms with Crippen molar-refractivity contribution in [2.24, 2.45) is 5.92 Å². The van der Waals surface area contributed by atoms with Crippen molar-refractivity contribution in [1.29, 1.82) is 0 Å². The van der Waals surface area contributed by atoms with Crippen LogP contribution in [0.3, 0.4) is 0 Å². The van der Waals surface area contributed by atoms with Crippen molar-refractivity contribution in [3.8, 4) is 5.88 Å². The highest BCUT2D eigenvalue weighted by atomic mass is 32.1. The predicted molar refractivity (Wildman–Crippen MR) is 129 cm³/mol. The summed E-state index contributed by atoms with van der Waals surface area (Å²) in [5.41, 5.74) is 2.92. The molecule has 3 heterocycles. The van der Waals surface area contributed by atoms with Crippen LogP contribution < -0.4 is 4.74 Å². The van der Waals surface area contributed by atoms with Crippen LogP contribution in [-0.2, 0) is 20.6 Å². The van der Waals surface area contributed by atoms with Gasteiger partial charge in [0.15, 0.2) is 0 Å². The van der Waals surface area contributed by atoms with Crippen LogP contribution in [0.25, 0.3) is 0 Å². The minimum Gasteiger partial charge on any atom is -0.443 e. The fourth-order valence-electron chi connectivity index (χ4n) is 3.77. The van der Waals surface area contributed by atoms with E-state index in [1.165, 1.54) is 5.56 Å². The van der Waals surface area contributed by atoms with Gasteiger partial charge >= 0.3 is 6.16 Å². The monoisotopic (exact) mass is 512 g/mol. The average Bonchev–Trinajstić information content (AvgIpc) is 3.35. The maximum absolute atomic E-state index is 11.8. The molecule has 3 N–H and O–H groups in total. The van der Waals surface area contributed by atoms with Gasteiger partial charge in [-0.3, -0.25) is 4.68 Å². The van der Waals surface area contributed by atoms with Gasteiger partial charge in [0.1, 0.15) is 31.0 Å². The van der Waals surface area contributed by atoms with Crippen LogP contribution >= 0.6 is 11.3 Å². The first-order valence-electron chi connectivity index (χ1n) is 11.8. The van der Waals surface area contributed by atoms with Gasteiger partial charge in [0.05, 0.1) is 6.61 Å². The highest BCUT2D eigenvalue weighted by molar-refractivity contribution is 7.10. The summed E-state index contributed by atoms with van der Waals surface area (Å²) in [6.45, 7) is 11.6. The molecule has 1 saturated heterocycles. The summed E-state index contributed by atoms with van der Waals surface area (Å²) in [7, 11) is 0. The number of ether oxygens (including phenoxy) is 4. The van der Waals surface area contributed by atoms with E-state index in [2.05, 4.69) is 16.5 Å². The Morgan fingerprint density at radius 3 is 2.46 bits per heavy atom. The molecule has 0 spiro atoms. The minimum absolute atomic E-state index is 0.0683. The zero-order valence-electron chi connectivity index (χ0n) is 21.0. The number of thiophene rings is 1. The third kappa shape index (κ3) is 6.73.